The van der Waals surface area contributed by atoms with Crippen LogP contribution in [0.5, 0.6) is 0 Å². The highest BCUT2D eigenvalue weighted by molar-refractivity contribution is 7.99. The number of hydrogen-bond donors (Lipinski definition) is 0. The van der Waals surface area contributed by atoms with E-state index in [4.69, 9.17) is 0 Å². The molecule has 1 aromatic heterocycles. The van der Waals surface area contributed by atoms with Crippen LogP contribution in [0.4, 0.5) is 0 Å². The molecule has 0 amide bonds. The zero-order valence-corrected chi connectivity index (χ0v) is 8.63. The summed E-state index contributed by atoms with van der Waals surface area (Å²) in [7, 11) is 1.41. The molecule has 0 saturated heterocycles. The van der Waals surface area contributed by atoms with E-state index in [1.165, 1.54) is 18.4 Å². The lowest BCUT2D eigenvalue weighted by Crippen LogP contribution is -1.99. The molecule has 0 fully saturated rings. The van der Waals surface area contributed by atoms with Crippen LogP contribution >= 0.6 is 23.1 Å². The van der Waals surface area contributed by atoms with Gasteiger partial charge in [0.2, 0.25) is 0 Å². The van der Waals surface area contributed by atoms with Gasteiger partial charge < -0.3 is 4.74 Å². The fourth-order valence-corrected chi connectivity index (χ4v) is 2.61. The Labute approximate surface area is 79.9 Å². The van der Waals surface area contributed by atoms with Crippen molar-refractivity contribution in [3.05, 3.63) is 16.3 Å². The number of esters is 1. The topological polar surface area (TPSA) is 26.3 Å². The molecule has 0 saturated carbocycles. The minimum absolute atomic E-state index is 0.235. The highest BCUT2D eigenvalue weighted by Gasteiger charge is 2.12. The average Bonchev–Trinajstić information content (AvgIpc) is 2.52. The van der Waals surface area contributed by atoms with Gasteiger partial charge in [-0.2, -0.15) is 0 Å². The fraction of sp³-hybridized carbons (Fsp3) is 0.375. The second-order valence-corrected chi connectivity index (χ2v) is 4.26. The lowest BCUT2D eigenvalue weighted by molar-refractivity contribution is 0.0603. The molecule has 0 spiro atoms. The number of methoxy groups -OCH3 is 1. The van der Waals surface area contributed by atoms with Gasteiger partial charge in [0.05, 0.1) is 7.11 Å². The van der Waals surface area contributed by atoms with Crippen LogP contribution in [-0.2, 0) is 4.74 Å². The third kappa shape index (κ3) is 2.01. The van der Waals surface area contributed by atoms with Crippen molar-refractivity contribution in [1.82, 2.24) is 0 Å². The molecule has 0 aromatic carbocycles. The molecule has 0 aliphatic carbocycles. The van der Waals surface area contributed by atoms with Crippen molar-refractivity contribution in [1.29, 1.82) is 0 Å². The van der Waals surface area contributed by atoms with Crippen LogP contribution in [0.15, 0.2) is 16.3 Å². The van der Waals surface area contributed by atoms with Crippen LogP contribution < -0.4 is 0 Å². The molecular formula is C8H10O2S2. The van der Waals surface area contributed by atoms with Crippen LogP contribution in [0.1, 0.15) is 16.6 Å². The van der Waals surface area contributed by atoms with Gasteiger partial charge in [-0.15, -0.1) is 23.1 Å². The predicted octanol–water partition coefficient (Wildman–Crippen LogP) is 2.65. The van der Waals surface area contributed by atoms with Gasteiger partial charge in [0, 0.05) is 4.90 Å². The van der Waals surface area contributed by atoms with Crippen molar-refractivity contribution in [3.63, 3.8) is 0 Å². The van der Waals surface area contributed by atoms with Crippen LogP contribution in [-0.4, -0.2) is 18.8 Å². The molecule has 1 aromatic rings. The predicted molar refractivity (Wildman–Crippen MR) is 52.1 cm³/mol. The normalized spacial score (nSPS) is 9.83. The summed E-state index contributed by atoms with van der Waals surface area (Å²) in [5, 5.41) is 1.91. The second-order valence-electron chi connectivity index (χ2n) is 2.04. The van der Waals surface area contributed by atoms with Crippen LogP contribution in [0.25, 0.3) is 0 Å². The van der Waals surface area contributed by atoms with E-state index in [1.807, 2.05) is 11.4 Å². The zero-order chi connectivity index (χ0) is 8.97. The number of rotatable bonds is 3. The van der Waals surface area contributed by atoms with E-state index in [-0.39, 0.29) is 5.97 Å². The molecule has 0 unspecified atom stereocenters. The number of hydrogen-bond acceptors (Lipinski definition) is 4. The van der Waals surface area contributed by atoms with E-state index in [9.17, 15) is 4.79 Å². The smallest absolute Gasteiger partial charge is 0.349 e. The van der Waals surface area contributed by atoms with Crippen LogP contribution in [0, 0.1) is 0 Å². The molecule has 12 heavy (non-hydrogen) atoms. The number of thioether (sulfide) groups is 1. The molecule has 2 nitrogen and oxygen atoms in total. The third-order valence-electron chi connectivity index (χ3n) is 1.30. The molecular weight excluding hydrogens is 192 g/mol. The third-order valence-corrected chi connectivity index (χ3v) is 3.26. The standard InChI is InChI=1S/C8H10O2S2/c1-3-11-6-4-5-12-7(6)8(9)10-2/h4-5H,3H2,1-2H3. The summed E-state index contributed by atoms with van der Waals surface area (Å²) in [6, 6.07) is 1.95. The zero-order valence-electron chi connectivity index (χ0n) is 6.99. The summed E-state index contributed by atoms with van der Waals surface area (Å²) in [4.78, 5) is 12.9. The van der Waals surface area contributed by atoms with E-state index in [2.05, 4.69) is 11.7 Å². The van der Waals surface area contributed by atoms with E-state index >= 15 is 0 Å². The molecule has 0 atom stereocenters. The minimum atomic E-state index is -0.235. The molecule has 0 N–H and O–H groups in total. The highest BCUT2D eigenvalue weighted by Crippen LogP contribution is 2.27. The molecule has 66 valence electrons. The first kappa shape index (κ1) is 9.61. The first-order valence-corrected chi connectivity index (χ1v) is 5.44. The van der Waals surface area contributed by atoms with Crippen molar-refractivity contribution in [2.45, 2.75) is 11.8 Å². The number of carbonyl (C=O) groups is 1. The first-order chi connectivity index (χ1) is 5.79. The Bertz CT molecular complexity index is 268. The molecule has 0 aliphatic rings. The van der Waals surface area contributed by atoms with Gasteiger partial charge in [0.25, 0.3) is 0 Å². The second kappa shape index (κ2) is 4.52. The average molecular weight is 202 g/mol. The van der Waals surface area contributed by atoms with Crippen molar-refractivity contribution < 1.29 is 9.53 Å². The molecule has 1 heterocycles. The van der Waals surface area contributed by atoms with Gasteiger partial charge in [-0.05, 0) is 17.2 Å². The maximum absolute atomic E-state index is 11.1. The quantitative estimate of drug-likeness (QED) is 0.557. The largest absolute Gasteiger partial charge is 0.465 e. The van der Waals surface area contributed by atoms with Crippen molar-refractivity contribution in [2.24, 2.45) is 0 Å². The molecule has 0 radical (unpaired) electrons. The number of thiophene rings is 1. The summed E-state index contributed by atoms with van der Waals surface area (Å²) in [5.74, 6) is 0.738. The van der Waals surface area contributed by atoms with Gasteiger partial charge in [-0.25, -0.2) is 4.79 Å². The lowest BCUT2D eigenvalue weighted by Gasteiger charge is -1.98. The Morgan fingerprint density at radius 1 is 1.75 bits per heavy atom. The summed E-state index contributed by atoms with van der Waals surface area (Å²) < 4.78 is 4.64. The molecule has 0 bridgehead atoms. The Morgan fingerprint density at radius 2 is 2.50 bits per heavy atom. The Balaban J connectivity index is 2.83. The monoisotopic (exact) mass is 202 g/mol. The molecule has 1 rings (SSSR count). The van der Waals surface area contributed by atoms with Gasteiger partial charge >= 0.3 is 5.97 Å². The van der Waals surface area contributed by atoms with E-state index < -0.39 is 0 Å². The van der Waals surface area contributed by atoms with Crippen molar-refractivity contribution in [2.75, 3.05) is 12.9 Å². The van der Waals surface area contributed by atoms with E-state index in [0.717, 1.165) is 10.6 Å². The first-order valence-electron chi connectivity index (χ1n) is 3.58. The van der Waals surface area contributed by atoms with Gasteiger partial charge in [-0.3, -0.25) is 0 Å². The lowest BCUT2D eigenvalue weighted by atomic mass is 10.5. The fourth-order valence-electron chi connectivity index (χ4n) is 0.808. The van der Waals surface area contributed by atoms with E-state index in [1.54, 1.807) is 11.8 Å². The van der Waals surface area contributed by atoms with E-state index in [0.29, 0.717) is 4.88 Å². The van der Waals surface area contributed by atoms with Crippen molar-refractivity contribution in [3.8, 4) is 0 Å². The minimum Gasteiger partial charge on any atom is -0.465 e. The molecule has 0 aliphatic heterocycles. The van der Waals surface area contributed by atoms with Crippen molar-refractivity contribution >= 4 is 29.1 Å². The summed E-state index contributed by atoms with van der Waals surface area (Å²) >= 11 is 3.09. The van der Waals surface area contributed by atoms with Gasteiger partial charge in [0.1, 0.15) is 4.88 Å². The summed E-state index contributed by atoms with van der Waals surface area (Å²) in [6.45, 7) is 2.06. The van der Waals surface area contributed by atoms with Crippen LogP contribution in [0.2, 0.25) is 0 Å². The SMILES string of the molecule is CCSc1ccsc1C(=O)OC. The number of carbonyl (C=O) groups excluding carboxylic acids is 1. The summed E-state index contributed by atoms with van der Waals surface area (Å²) in [6.07, 6.45) is 0. The Morgan fingerprint density at radius 3 is 3.08 bits per heavy atom. The maximum Gasteiger partial charge on any atom is 0.349 e. The summed E-state index contributed by atoms with van der Waals surface area (Å²) in [5.41, 5.74) is 0. The number of ether oxygens (including phenoxy) is 1. The highest BCUT2D eigenvalue weighted by atomic mass is 32.2. The maximum atomic E-state index is 11.1. The van der Waals surface area contributed by atoms with Gasteiger partial charge in [0.15, 0.2) is 0 Å². The molecule has 4 heteroatoms. The van der Waals surface area contributed by atoms with Crippen LogP contribution in [0.3, 0.4) is 0 Å². The van der Waals surface area contributed by atoms with Gasteiger partial charge in [-0.1, -0.05) is 6.92 Å². The Kier molecular flexibility index (Phi) is 3.62. The Hall–Kier alpha value is -0.480.